The van der Waals surface area contributed by atoms with Crippen LogP contribution in [0.3, 0.4) is 0 Å². The minimum absolute atomic E-state index is 0.0436. The number of hydrogen-bond donors (Lipinski definition) is 0. The van der Waals surface area contributed by atoms with Crippen molar-refractivity contribution >= 4 is 6.29 Å². The summed E-state index contributed by atoms with van der Waals surface area (Å²) in [5.41, 5.74) is 2.48. The average Bonchev–Trinajstić information content (AvgIpc) is 2.91. The van der Waals surface area contributed by atoms with Gasteiger partial charge in [0.2, 0.25) is 5.82 Å². The summed E-state index contributed by atoms with van der Waals surface area (Å²) in [5.74, 6) is -1.73. The monoisotopic (exact) mass is 518 g/mol. The van der Waals surface area contributed by atoms with Gasteiger partial charge in [-0.1, -0.05) is 50.6 Å². The van der Waals surface area contributed by atoms with Gasteiger partial charge >= 0.3 is 0 Å². The van der Waals surface area contributed by atoms with Gasteiger partial charge in [-0.25, -0.2) is 4.39 Å². The molecule has 0 unspecified atom stereocenters. The van der Waals surface area contributed by atoms with Crippen LogP contribution in [0.5, 0.6) is 5.75 Å². The molecule has 1 saturated heterocycles. The lowest BCUT2D eigenvalue weighted by molar-refractivity contribution is -0.189. The molecule has 204 valence electrons. The molecular formula is C30H40F2O5. The number of hydrogen-bond acceptors (Lipinski definition) is 5. The number of unbranched alkanes of at least 4 members (excludes halogenated alkanes) is 3. The number of halogens is 2. The third kappa shape index (κ3) is 10.3. The third-order valence-electron chi connectivity index (χ3n) is 5.93. The second-order valence-corrected chi connectivity index (χ2v) is 9.16. The number of carbonyl (C=O) groups excluding carboxylic acids is 1. The second kappa shape index (κ2) is 17.0. The van der Waals surface area contributed by atoms with Gasteiger partial charge < -0.3 is 18.9 Å². The summed E-state index contributed by atoms with van der Waals surface area (Å²) in [6.45, 7) is 9.38. The van der Waals surface area contributed by atoms with Gasteiger partial charge in [0.25, 0.3) is 0 Å². The molecule has 1 aliphatic heterocycles. The van der Waals surface area contributed by atoms with Gasteiger partial charge in [-0.3, -0.25) is 4.79 Å². The van der Waals surface area contributed by atoms with Gasteiger partial charge in [0.05, 0.1) is 19.8 Å². The topological polar surface area (TPSA) is 54.0 Å². The highest BCUT2D eigenvalue weighted by atomic mass is 19.2. The molecule has 5 nitrogen and oxygen atoms in total. The minimum atomic E-state index is -0.943. The Morgan fingerprint density at radius 1 is 1.00 bits per heavy atom. The Labute approximate surface area is 219 Å². The summed E-state index contributed by atoms with van der Waals surface area (Å²) in [6.07, 6.45) is 6.30. The molecule has 0 amide bonds. The van der Waals surface area contributed by atoms with E-state index in [1.54, 1.807) is 20.1 Å². The summed E-state index contributed by atoms with van der Waals surface area (Å²) in [7, 11) is 1.68. The van der Waals surface area contributed by atoms with Gasteiger partial charge in [0.1, 0.15) is 6.29 Å². The lowest BCUT2D eigenvalue weighted by Crippen LogP contribution is -2.30. The van der Waals surface area contributed by atoms with Crippen LogP contribution < -0.4 is 4.74 Å². The number of allylic oxidation sites excluding steroid dienone is 1. The van der Waals surface area contributed by atoms with E-state index in [9.17, 15) is 13.6 Å². The van der Waals surface area contributed by atoms with E-state index in [0.717, 1.165) is 57.0 Å². The minimum Gasteiger partial charge on any atom is -0.490 e. The van der Waals surface area contributed by atoms with Crippen LogP contribution in [0.4, 0.5) is 8.78 Å². The van der Waals surface area contributed by atoms with E-state index < -0.39 is 11.6 Å². The van der Waals surface area contributed by atoms with Crippen LogP contribution in [0.1, 0.15) is 63.9 Å². The smallest absolute Gasteiger partial charge is 0.201 e. The standard InChI is InChI=1S/C26H34F2O4.C4H6O/c1-3-8-24-31-17-21(18-32-24)19-9-11-20(12-10-19)22-13-14-23(26(28)25(22)27)30-16-7-5-4-6-15-29-2;1-4(2)3-5/h9-14,21,24H,3-8,15-18H2,1-2H3;3H,1H2,2H3. The number of benzene rings is 2. The molecule has 7 heteroatoms. The molecule has 37 heavy (non-hydrogen) atoms. The molecule has 2 aromatic carbocycles. The van der Waals surface area contributed by atoms with E-state index in [1.807, 2.05) is 24.3 Å². The molecule has 1 aliphatic rings. The number of rotatable bonds is 13. The fourth-order valence-corrected chi connectivity index (χ4v) is 3.82. The van der Waals surface area contributed by atoms with E-state index in [2.05, 4.69) is 13.5 Å². The average molecular weight is 519 g/mol. The van der Waals surface area contributed by atoms with Crippen LogP contribution in [0.15, 0.2) is 48.6 Å². The predicted molar refractivity (Wildman–Crippen MR) is 142 cm³/mol. The normalized spacial score (nSPS) is 17.0. The molecule has 0 aromatic heterocycles. The van der Waals surface area contributed by atoms with Gasteiger partial charge in [0, 0.05) is 25.2 Å². The molecular weight excluding hydrogens is 478 g/mol. The fraction of sp³-hybridized carbons (Fsp3) is 0.500. The SMILES string of the molecule is C=C(C)C=O.CCCC1OCC(c2ccc(-c3ccc(OCCCCCCOC)c(F)c3F)cc2)CO1. The van der Waals surface area contributed by atoms with Gasteiger partial charge in [0.15, 0.2) is 17.9 Å². The molecule has 0 aliphatic carbocycles. The molecule has 2 aromatic rings. The first-order valence-electron chi connectivity index (χ1n) is 12.9. The molecule has 0 radical (unpaired) electrons. The maximum atomic E-state index is 14.7. The molecule has 0 bridgehead atoms. The lowest BCUT2D eigenvalue weighted by Gasteiger charge is -2.29. The quantitative estimate of drug-likeness (QED) is 0.159. The Hall–Kier alpha value is -2.61. The Bertz CT molecular complexity index is 953. The maximum Gasteiger partial charge on any atom is 0.201 e. The summed E-state index contributed by atoms with van der Waals surface area (Å²) in [4.78, 5) is 9.41. The molecule has 0 saturated carbocycles. The molecule has 0 atom stereocenters. The number of methoxy groups -OCH3 is 1. The van der Waals surface area contributed by atoms with Crippen molar-refractivity contribution in [3.8, 4) is 16.9 Å². The van der Waals surface area contributed by atoms with E-state index in [0.29, 0.717) is 31.0 Å². The highest BCUT2D eigenvalue weighted by molar-refractivity contribution is 5.70. The maximum absolute atomic E-state index is 14.7. The van der Waals surface area contributed by atoms with Crippen LogP contribution in [0.2, 0.25) is 0 Å². The largest absolute Gasteiger partial charge is 0.490 e. The third-order valence-corrected chi connectivity index (χ3v) is 5.93. The summed E-state index contributed by atoms with van der Waals surface area (Å²) >= 11 is 0. The van der Waals surface area contributed by atoms with Crippen molar-refractivity contribution < 1.29 is 32.5 Å². The van der Waals surface area contributed by atoms with Gasteiger partial charge in [-0.15, -0.1) is 0 Å². The molecule has 3 rings (SSSR count). The molecule has 1 fully saturated rings. The van der Waals surface area contributed by atoms with Crippen molar-refractivity contribution in [3.05, 3.63) is 65.7 Å². The first-order chi connectivity index (χ1) is 17.9. The fourth-order valence-electron chi connectivity index (χ4n) is 3.82. The number of ether oxygens (including phenoxy) is 4. The highest BCUT2D eigenvalue weighted by Crippen LogP contribution is 2.32. The Balaban J connectivity index is 0.000000877. The predicted octanol–water partition coefficient (Wildman–Crippen LogP) is 7.24. The first kappa shape index (κ1) is 30.6. The number of aldehydes is 1. The zero-order valence-electron chi connectivity index (χ0n) is 22.3. The number of carbonyl (C=O) groups is 1. The summed E-state index contributed by atoms with van der Waals surface area (Å²) in [5, 5.41) is 0. The first-order valence-corrected chi connectivity index (χ1v) is 12.9. The van der Waals surface area contributed by atoms with E-state index in [4.69, 9.17) is 18.9 Å². The highest BCUT2D eigenvalue weighted by Gasteiger charge is 2.23. The second-order valence-electron chi connectivity index (χ2n) is 9.16. The van der Waals surface area contributed by atoms with Crippen molar-refractivity contribution in [2.45, 2.75) is 64.6 Å². The van der Waals surface area contributed by atoms with Crippen LogP contribution >= 0.6 is 0 Å². The van der Waals surface area contributed by atoms with Crippen molar-refractivity contribution in [1.82, 2.24) is 0 Å². The molecule has 0 N–H and O–H groups in total. The van der Waals surface area contributed by atoms with Crippen molar-refractivity contribution in [1.29, 1.82) is 0 Å². The Kier molecular flexibility index (Phi) is 14.1. The molecule has 0 spiro atoms. The summed E-state index contributed by atoms with van der Waals surface area (Å²) < 4.78 is 51.3. The van der Waals surface area contributed by atoms with E-state index >= 15 is 0 Å². The van der Waals surface area contributed by atoms with Crippen LogP contribution in [-0.2, 0) is 19.0 Å². The van der Waals surface area contributed by atoms with Crippen LogP contribution in [0, 0.1) is 11.6 Å². The van der Waals surface area contributed by atoms with Crippen LogP contribution in [0.25, 0.3) is 11.1 Å². The van der Waals surface area contributed by atoms with Crippen molar-refractivity contribution in [3.63, 3.8) is 0 Å². The van der Waals surface area contributed by atoms with Gasteiger partial charge in [-0.05, 0) is 61.4 Å². The Morgan fingerprint density at radius 3 is 2.19 bits per heavy atom. The van der Waals surface area contributed by atoms with Crippen molar-refractivity contribution in [2.75, 3.05) is 33.5 Å². The molecule has 1 heterocycles. The van der Waals surface area contributed by atoms with Gasteiger partial charge in [-0.2, -0.15) is 4.39 Å². The zero-order valence-corrected chi connectivity index (χ0v) is 22.3. The van der Waals surface area contributed by atoms with E-state index in [-0.39, 0.29) is 23.5 Å². The lowest BCUT2D eigenvalue weighted by atomic mass is 9.96. The van der Waals surface area contributed by atoms with E-state index in [1.165, 1.54) is 6.07 Å². The summed E-state index contributed by atoms with van der Waals surface area (Å²) in [6, 6.07) is 10.6. The van der Waals surface area contributed by atoms with Crippen molar-refractivity contribution in [2.24, 2.45) is 0 Å². The Morgan fingerprint density at radius 2 is 1.62 bits per heavy atom. The zero-order chi connectivity index (χ0) is 27.0. The van der Waals surface area contributed by atoms with Crippen LogP contribution in [-0.4, -0.2) is 46.1 Å².